The van der Waals surface area contributed by atoms with Crippen LogP contribution in [0.3, 0.4) is 0 Å². The second-order valence-corrected chi connectivity index (χ2v) is 6.99. The highest BCUT2D eigenvalue weighted by Gasteiger charge is 2.22. The molecule has 23 heavy (non-hydrogen) atoms. The molecule has 0 atom stereocenters. The lowest BCUT2D eigenvalue weighted by Gasteiger charge is -2.36. The Kier molecular flexibility index (Phi) is 3.74. The maximum Gasteiger partial charge on any atom is 0.254 e. The molecule has 4 rings (SSSR count). The molecule has 3 aromatic rings. The Hall–Kier alpha value is -1.99. The van der Waals surface area contributed by atoms with Crippen molar-refractivity contribution in [3.8, 4) is 0 Å². The van der Waals surface area contributed by atoms with Gasteiger partial charge >= 0.3 is 0 Å². The summed E-state index contributed by atoms with van der Waals surface area (Å²) < 4.78 is 1.87. The minimum Gasteiger partial charge on any atom is -0.354 e. The summed E-state index contributed by atoms with van der Waals surface area (Å²) in [6.45, 7) is 9.36. The summed E-state index contributed by atoms with van der Waals surface area (Å²) in [5.41, 5.74) is 2.22. The zero-order chi connectivity index (χ0) is 15.8. The predicted octanol–water partition coefficient (Wildman–Crippen LogP) is 2.12. The van der Waals surface area contributed by atoms with Crippen LogP contribution < -0.4 is 4.90 Å². The van der Waals surface area contributed by atoms with Crippen LogP contribution in [0.25, 0.3) is 5.78 Å². The molecule has 0 radical (unpaired) electrons. The number of anilines is 1. The lowest BCUT2D eigenvalue weighted by atomic mass is 10.2. The molecule has 0 amide bonds. The average Bonchev–Trinajstić information content (AvgIpc) is 3.21. The van der Waals surface area contributed by atoms with Gasteiger partial charge in [-0.3, -0.25) is 4.90 Å². The van der Waals surface area contributed by atoms with Crippen molar-refractivity contribution >= 4 is 22.9 Å². The van der Waals surface area contributed by atoms with E-state index in [0.717, 1.165) is 44.2 Å². The van der Waals surface area contributed by atoms with Gasteiger partial charge in [-0.2, -0.15) is 14.6 Å². The van der Waals surface area contributed by atoms with E-state index in [1.807, 2.05) is 22.8 Å². The lowest BCUT2D eigenvalue weighted by molar-refractivity contribution is 0.251. The van der Waals surface area contributed by atoms with E-state index >= 15 is 0 Å². The van der Waals surface area contributed by atoms with Gasteiger partial charge in [0.25, 0.3) is 5.78 Å². The normalized spacial score (nSPS) is 16.3. The van der Waals surface area contributed by atoms with Crippen molar-refractivity contribution in [3.05, 3.63) is 40.0 Å². The number of rotatable bonds is 3. The molecule has 1 fully saturated rings. The molecule has 4 heterocycles. The Bertz CT molecular complexity index is 801. The Morgan fingerprint density at radius 3 is 2.74 bits per heavy atom. The summed E-state index contributed by atoms with van der Waals surface area (Å²) in [4.78, 5) is 15.1. The Balaban J connectivity index is 1.54. The Morgan fingerprint density at radius 1 is 1.17 bits per heavy atom. The number of hydrogen-bond donors (Lipinski definition) is 0. The van der Waals surface area contributed by atoms with Crippen LogP contribution in [0.2, 0.25) is 0 Å². The minimum absolute atomic E-state index is 0.684. The molecule has 0 aromatic carbocycles. The second kappa shape index (κ2) is 5.90. The molecule has 0 unspecified atom stereocenters. The highest BCUT2D eigenvalue weighted by molar-refractivity contribution is 7.09. The largest absolute Gasteiger partial charge is 0.354 e. The van der Waals surface area contributed by atoms with E-state index < -0.39 is 0 Å². The van der Waals surface area contributed by atoms with Gasteiger partial charge in [-0.1, -0.05) is 6.07 Å². The van der Waals surface area contributed by atoms with E-state index in [1.165, 1.54) is 10.4 Å². The molecule has 0 spiro atoms. The first-order valence-corrected chi connectivity index (χ1v) is 8.77. The van der Waals surface area contributed by atoms with Crippen LogP contribution in [0.15, 0.2) is 23.8 Å². The van der Waals surface area contributed by atoms with Gasteiger partial charge in [0.1, 0.15) is 12.1 Å². The van der Waals surface area contributed by atoms with Gasteiger partial charge in [-0.15, -0.1) is 11.3 Å². The van der Waals surface area contributed by atoms with Gasteiger partial charge in [0.2, 0.25) is 0 Å². The van der Waals surface area contributed by atoms with Gasteiger partial charge in [-0.25, -0.2) is 4.98 Å². The summed E-state index contributed by atoms with van der Waals surface area (Å²) in [5.74, 6) is 1.82. The molecule has 0 aliphatic carbocycles. The molecule has 6 nitrogen and oxygen atoms in total. The molecule has 1 saturated heterocycles. The summed E-state index contributed by atoms with van der Waals surface area (Å²) in [6, 6.07) is 4.34. The average molecular weight is 328 g/mol. The number of piperazine rings is 1. The van der Waals surface area contributed by atoms with Crippen molar-refractivity contribution in [1.29, 1.82) is 0 Å². The van der Waals surface area contributed by atoms with E-state index in [2.05, 4.69) is 49.3 Å². The van der Waals surface area contributed by atoms with Crippen LogP contribution in [0, 0.1) is 13.8 Å². The molecule has 1 aliphatic heterocycles. The van der Waals surface area contributed by atoms with Crippen molar-refractivity contribution in [2.45, 2.75) is 20.4 Å². The number of thiophene rings is 1. The zero-order valence-electron chi connectivity index (χ0n) is 13.4. The van der Waals surface area contributed by atoms with Gasteiger partial charge in [0.15, 0.2) is 0 Å². The van der Waals surface area contributed by atoms with E-state index in [4.69, 9.17) is 0 Å². The second-order valence-electron chi connectivity index (χ2n) is 5.96. The number of hydrogen-bond acceptors (Lipinski definition) is 6. The molecular weight excluding hydrogens is 308 g/mol. The van der Waals surface area contributed by atoms with Crippen molar-refractivity contribution < 1.29 is 0 Å². The van der Waals surface area contributed by atoms with Crippen molar-refractivity contribution in [1.82, 2.24) is 24.5 Å². The Morgan fingerprint density at radius 2 is 2.00 bits per heavy atom. The zero-order valence-corrected chi connectivity index (χ0v) is 14.3. The topological polar surface area (TPSA) is 49.6 Å². The summed E-state index contributed by atoms with van der Waals surface area (Å²) in [7, 11) is 0. The standard InChI is InChI=1S/C16H20N6S/c1-12-13(2)19-16-17-11-18-22(16)15(12)21-7-5-20(6-8-21)10-14-4-3-9-23-14/h3-4,9,11H,5-8,10H2,1-2H3. The van der Waals surface area contributed by atoms with Crippen LogP contribution in [0.4, 0.5) is 5.82 Å². The molecule has 7 heteroatoms. The molecule has 0 bridgehead atoms. The van der Waals surface area contributed by atoms with E-state index in [1.54, 1.807) is 6.33 Å². The van der Waals surface area contributed by atoms with E-state index in [0.29, 0.717) is 5.78 Å². The van der Waals surface area contributed by atoms with Crippen LogP contribution in [0.5, 0.6) is 0 Å². The summed E-state index contributed by atoms with van der Waals surface area (Å²) >= 11 is 1.84. The van der Waals surface area contributed by atoms with Crippen molar-refractivity contribution in [2.24, 2.45) is 0 Å². The van der Waals surface area contributed by atoms with Gasteiger partial charge in [0, 0.05) is 48.9 Å². The number of fused-ring (bicyclic) bond motifs is 1. The van der Waals surface area contributed by atoms with Crippen LogP contribution >= 0.6 is 11.3 Å². The maximum absolute atomic E-state index is 4.51. The third-order valence-corrected chi connectivity index (χ3v) is 5.37. The van der Waals surface area contributed by atoms with Crippen LogP contribution in [-0.2, 0) is 6.54 Å². The predicted molar refractivity (Wildman–Crippen MR) is 92.1 cm³/mol. The third-order valence-electron chi connectivity index (χ3n) is 4.51. The van der Waals surface area contributed by atoms with Crippen molar-refractivity contribution in [3.63, 3.8) is 0 Å². The maximum atomic E-state index is 4.51. The SMILES string of the molecule is Cc1nc2ncnn2c(N2CCN(Cc3cccs3)CC2)c1C. The third kappa shape index (κ3) is 2.70. The molecule has 120 valence electrons. The van der Waals surface area contributed by atoms with Crippen LogP contribution in [-0.4, -0.2) is 50.7 Å². The van der Waals surface area contributed by atoms with Crippen LogP contribution in [0.1, 0.15) is 16.1 Å². The van der Waals surface area contributed by atoms with Crippen molar-refractivity contribution in [2.75, 3.05) is 31.1 Å². The fraction of sp³-hybridized carbons (Fsp3) is 0.438. The lowest BCUT2D eigenvalue weighted by Crippen LogP contribution is -2.46. The molecule has 0 N–H and O–H groups in total. The van der Waals surface area contributed by atoms with Gasteiger partial charge in [-0.05, 0) is 25.3 Å². The fourth-order valence-corrected chi connectivity index (χ4v) is 3.87. The van der Waals surface area contributed by atoms with E-state index in [9.17, 15) is 0 Å². The Labute approximate surface area is 139 Å². The van der Waals surface area contributed by atoms with Gasteiger partial charge < -0.3 is 4.90 Å². The minimum atomic E-state index is 0.684. The fourth-order valence-electron chi connectivity index (χ4n) is 3.13. The smallest absolute Gasteiger partial charge is 0.254 e. The monoisotopic (exact) mass is 328 g/mol. The number of nitrogens with zero attached hydrogens (tertiary/aromatic N) is 6. The number of aryl methyl sites for hydroxylation is 1. The highest BCUT2D eigenvalue weighted by Crippen LogP contribution is 2.24. The van der Waals surface area contributed by atoms with E-state index in [-0.39, 0.29) is 0 Å². The highest BCUT2D eigenvalue weighted by atomic mass is 32.1. The quantitative estimate of drug-likeness (QED) is 0.737. The molecular formula is C16H20N6S. The summed E-state index contributed by atoms with van der Waals surface area (Å²) in [5, 5.41) is 6.51. The molecule has 0 saturated carbocycles. The molecule has 1 aliphatic rings. The van der Waals surface area contributed by atoms with Gasteiger partial charge in [0.05, 0.1) is 0 Å². The first-order chi connectivity index (χ1) is 11.2. The first kappa shape index (κ1) is 14.6. The first-order valence-electron chi connectivity index (χ1n) is 7.89. The molecule has 3 aromatic heterocycles. The number of aromatic nitrogens is 4. The summed E-state index contributed by atoms with van der Waals surface area (Å²) in [6.07, 6.45) is 1.58.